The number of nitrogens with zero attached hydrogens (tertiary/aromatic N) is 1. The van der Waals surface area contributed by atoms with Gasteiger partial charge in [-0.25, -0.2) is 0 Å². The fraction of sp³-hybridized carbons (Fsp3) is 0.318. The molecule has 3 aromatic rings. The van der Waals surface area contributed by atoms with Gasteiger partial charge in [0.2, 0.25) is 0 Å². The first-order chi connectivity index (χ1) is 13.2. The van der Waals surface area contributed by atoms with E-state index < -0.39 is 0 Å². The van der Waals surface area contributed by atoms with Crippen molar-refractivity contribution in [2.75, 3.05) is 21.3 Å². The zero-order valence-corrected chi connectivity index (χ0v) is 16.2. The molecule has 1 aromatic heterocycles. The summed E-state index contributed by atoms with van der Waals surface area (Å²) in [6.07, 6.45) is 5.14. The average Bonchev–Trinajstić information content (AvgIpc) is 3.21. The molecule has 3 rings (SSSR count). The van der Waals surface area contributed by atoms with Crippen LogP contribution in [0.5, 0.6) is 17.2 Å². The van der Waals surface area contributed by atoms with E-state index in [2.05, 4.69) is 36.3 Å². The molecular weight excluding hydrogens is 342 g/mol. The molecule has 0 radical (unpaired) electrons. The quantitative estimate of drug-likeness (QED) is 0.535. The van der Waals surface area contributed by atoms with Crippen LogP contribution >= 0.6 is 0 Å². The van der Waals surface area contributed by atoms with E-state index in [0.29, 0.717) is 22.9 Å². The van der Waals surface area contributed by atoms with Crippen molar-refractivity contribution in [3.8, 4) is 39.6 Å². The second-order valence-corrected chi connectivity index (χ2v) is 6.28. The number of rotatable bonds is 8. The highest BCUT2D eigenvalue weighted by Gasteiger charge is 2.20. The van der Waals surface area contributed by atoms with E-state index in [1.165, 1.54) is 18.4 Å². The van der Waals surface area contributed by atoms with Crippen LogP contribution in [-0.4, -0.2) is 26.5 Å². The van der Waals surface area contributed by atoms with Gasteiger partial charge >= 0.3 is 0 Å². The molecule has 0 bridgehead atoms. The highest BCUT2D eigenvalue weighted by molar-refractivity contribution is 5.84. The first-order valence-electron chi connectivity index (χ1n) is 9.05. The van der Waals surface area contributed by atoms with Gasteiger partial charge < -0.3 is 18.7 Å². The van der Waals surface area contributed by atoms with Crippen molar-refractivity contribution in [1.82, 2.24) is 5.16 Å². The zero-order valence-electron chi connectivity index (χ0n) is 16.2. The Morgan fingerprint density at radius 3 is 2.15 bits per heavy atom. The van der Waals surface area contributed by atoms with Gasteiger partial charge in [0.25, 0.3) is 0 Å². The SMILES string of the molecule is CCCCc1ccc(-c2conc2-c2cc(OC)c(OC)cc2OC)cc1. The number of ether oxygens (including phenoxy) is 3. The minimum absolute atomic E-state index is 0.600. The van der Waals surface area contributed by atoms with Crippen molar-refractivity contribution in [1.29, 1.82) is 0 Å². The van der Waals surface area contributed by atoms with Gasteiger partial charge in [-0.05, 0) is 30.0 Å². The van der Waals surface area contributed by atoms with Crippen LogP contribution in [0.3, 0.4) is 0 Å². The van der Waals surface area contributed by atoms with Crippen LogP contribution in [-0.2, 0) is 6.42 Å². The average molecular weight is 367 g/mol. The van der Waals surface area contributed by atoms with Crippen molar-refractivity contribution in [3.05, 3.63) is 48.2 Å². The number of benzene rings is 2. The Balaban J connectivity index is 2.02. The molecule has 0 amide bonds. The highest BCUT2D eigenvalue weighted by atomic mass is 16.5. The monoisotopic (exact) mass is 367 g/mol. The molecule has 0 spiro atoms. The van der Waals surface area contributed by atoms with Gasteiger partial charge in [-0.15, -0.1) is 0 Å². The van der Waals surface area contributed by atoms with Crippen LogP contribution in [0.4, 0.5) is 0 Å². The maximum Gasteiger partial charge on any atom is 0.164 e. The predicted octanol–water partition coefficient (Wildman–Crippen LogP) is 5.38. The summed E-state index contributed by atoms with van der Waals surface area (Å²) in [6, 6.07) is 12.2. The van der Waals surface area contributed by atoms with E-state index in [-0.39, 0.29) is 0 Å². The second-order valence-electron chi connectivity index (χ2n) is 6.28. The van der Waals surface area contributed by atoms with Crippen molar-refractivity contribution in [2.24, 2.45) is 0 Å². The first kappa shape index (κ1) is 18.8. The third-order valence-corrected chi connectivity index (χ3v) is 4.61. The largest absolute Gasteiger partial charge is 0.496 e. The predicted molar refractivity (Wildman–Crippen MR) is 106 cm³/mol. The van der Waals surface area contributed by atoms with Gasteiger partial charge in [-0.3, -0.25) is 0 Å². The van der Waals surface area contributed by atoms with Gasteiger partial charge in [-0.1, -0.05) is 42.8 Å². The Morgan fingerprint density at radius 1 is 0.852 bits per heavy atom. The van der Waals surface area contributed by atoms with Gasteiger partial charge in [0.05, 0.1) is 26.9 Å². The fourth-order valence-corrected chi connectivity index (χ4v) is 3.08. The van der Waals surface area contributed by atoms with E-state index in [4.69, 9.17) is 18.7 Å². The summed E-state index contributed by atoms with van der Waals surface area (Å²) in [5.74, 6) is 1.85. The normalized spacial score (nSPS) is 10.7. The molecule has 0 unspecified atom stereocenters. The zero-order chi connectivity index (χ0) is 19.2. The van der Waals surface area contributed by atoms with Gasteiger partial charge in [0.1, 0.15) is 17.7 Å². The van der Waals surface area contributed by atoms with E-state index in [0.717, 1.165) is 23.1 Å². The molecule has 5 heteroatoms. The molecule has 0 fully saturated rings. The summed E-state index contributed by atoms with van der Waals surface area (Å²) in [5.41, 5.74) is 4.77. The standard InChI is InChI=1S/C22H25NO4/c1-5-6-7-15-8-10-16(11-9-15)18-14-27-23-22(18)17-12-20(25-3)21(26-4)13-19(17)24-2/h8-14H,5-7H2,1-4H3. The molecule has 2 aromatic carbocycles. The van der Waals surface area contributed by atoms with Crippen LogP contribution in [0.2, 0.25) is 0 Å². The van der Waals surface area contributed by atoms with Crippen molar-refractivity contribution < 1.29 is 18.7 Å². The minimum Gasteiger partial charge on any atom is -0.496 e. The molecule has 0 aliphatic heterocycles. The third-order valence-electron chi connectivity index (χ3n) is 4.61. The number of unbranched alkanes of at least 4 members (excludes halogenated alkanes) is 1. The Morgan fingerprint density at radius 2 is 1.52 bits per heavy atom. The number of aromatic nitrogens is 1. The topological polar surface area (TPSA) is 53.7 Å². The Hall–Kier alpha value is -2.95. The molecule has 1 heterocycles. The van der Waals surface area contributed by atoms with Crippen LogP contribution in [0.1, 0.15) is 25.3 Å². The van der Waals surface area contributed by atoms with Crippen molar-refractivity contribution in [2.45, 2.75) is 26.2 Å². The molecule has 0 aliphatic carbocycles. The molecule has 27 heavy (non-hydrogen) atoms. The Labute approximate surface area is 159 Å². The van der Waals surface area contributed by atoms with E-state index in [1.807, 2.05) is 6.07 Å². The van der Waals surface area contributed by atoms with Crippen LogP contribution in [0.15, 0.2) is 47.2 Å². The Kier molecular flexibility index (Phi) is 6.01. The molecule has 0 atom stereocenters. The van der Waals surface area contributed by atoms with E-state index in [9.17, 15) is 0 Å². The maximum absolute atomic E-state index is 5.55. The lowest BCUT2D eigenvalue weighted by atomic mass is 9.98. The smallest absolute Gasteiger partial charge is 0.164 e. The molecule has 0 aliphatic rings. The van der Waals surface area contributed by atoms with E-state index in [1.54, 1.807) is 33.7 Å². The molecule has 5 nitrogen and oxygen atoms in total. The number of hydrogen-bond donors (Lipinski definition) is 0. The van der Waals surface area contributed by atoms with Gasteiger partial charge in [0, 0.05) is 11.6 Å². The minimum atomic E-state index is 0.600. The van der Waals surface area contributed by atoms with Gasteiger partial charge in [0.15, 0.2) is 11.5 Å². The molecule has 142 valence electrons. The number of hydrogen-bond acceptors (Lipinski definition) is 5. The number of methoxy groups -OCH3 is 3. The lowest BCUT2D eigenvalue weighted by Crippen LogP contribution is -1.95. The van der Waals surface area contributed by atoms with Crippen LogP contribution in [0.25, 0.3) is 22.4 Å². The number of aryl methyl sites for hydroxylation is 1. The Bertz CT molecular complexity index is 884. The van der Waals surface area contributed by atoms with E-state index >= 15 is 0 Å². The summed E-state index contributed by atoms with van der Waals surface area (Å²) >= 11 is 0. The lowest BCUT2D eigenvalue weighted by molar-refractivity contribution is 0.349. The summed E-state index contributed by atoms with van der Waals surface area (Å²) in [5, 5.41) is 4.22. The van der Waals surface area contributed by atoms with Crippen LogP contribution < -0.4 is 14.2 Å². The maximum atomic E-state index is 5.55. The summed E-state index contributed by atoms with van der Waals surface area (Å²) in [7, 11) is 4.82. The summed E-state index contributed by atoms with van der Waals surface area (Å²) in [4.78, 5) is 0. The molecular formula is C22H25NO4. The van der Waals surface area contributed by atoms with Crippen LogP contribution in [0, 0.1) is 0 Å². The molecule has 0 saturated heterocycles. The van der Waals surface area contributed by atoms with Crippen molar-refractivity contribution >= 4 is 0 Å². The summed E-state index contributed by atoms with van der Waals surface area (Å²) in [6.45, 7) is 2.20. The summed E-state index contributed by atoms with van der Waals surface area (Å²) < 4.78 is 21.6. The third kappa shape index (κ3) is 3.92. The fourth-order valence-electron chi connectivity index (χ4n) is 3.08. The first-order valence-corrected chi connectivity index (χ1v) is 9.05. The highest BCUT2D eigenvalue weighted by Crippen LogP contribution is 2.42. The lowest BCUT2D eigenvalue weighted by Gasteiger charge is -2.13. The second kappa shape index (κ2) is 8.62. The van der Waals surface area contributed by atoms with Crippen molar-refractivity contribution in [3.63, 3.8) is 0 Å². The van der Waals surface area contributed by atoms with Gasteiger partial charge in [-0.2, -0.15) is 0 Å². The molecule has 0 saturated carbocycles. The molecule has 0 N–H and O–H groups in total.